The number of carbonyl (C=O) groups excluding carboxylic acids is 1. The lowest BCUT2D eigenvalue weighted by Gasteiger charge is -2.17. The van der Waals surface area contributed by atoms with Gasteiger partial charge < -0.3 is 9.74 Å². The number of benzene rings is 2. The standard InChI is InChI=1S/C18H16ClN3O4/c19-15-6-4-14(5-7-15)18(23)26-20-12-13-3-8-16(17(11-13)22(24)25)21-9-1-2-10-21/h3-8,11-12H,1-2,9-10H2/b20-12-. The summed E-state index contributed by atoms with van der Waals surface area (Å²) in [6, 6.07) is 11.0. The molecule has 0 saturated carbocycles. The van der Waals surface area contributed by atoms with Crippen LogP contribution in [0.2, 0.25) is 5.02 Å². The van der Waals surface area contributed by atoms with Crippen LogP contribution in [0.5, 0.6) is 0 Å². The van der Waals surface area contributed by atoms with Gasteiger partial charge in [-0.05, 0) is 43.2 Å². The van der Waals surface area contributed by atoms with Gasteiger partial charge in [-0.3, -0.25) is 10.1 Å². The summed E-state index contributed by atoms with van der Waals surface area (Å²) < 4.78 is 0. The highest BCUT2D eigenvalue weighted by Crippen LogP contribution is 2.31. The van der Waals surface area contributed by atoms with Crippen molar-refractivity contribution in [2.24, 2.45) is 5.16 Å². The van der Waals surface area contributed by atoms with E-state index in [9.17, 15) is 14.9 Å². The molecule has 0 spiro atoms. The summed E-state index contributed by atoms with van der Waals surface area (Å²) in [6.45, 7) is 1.62. The van der Waals surface area contributed by atoms with E-state index >= 15 is 0 Å². The van der Waals surface area contributed by atoms with E-state index in [0.29, 0.717) is 21.8 Å². The summed E-state index contributed by atoms with van der Waals surface area (Å²) in [6.07, 6.45) is 3.33. The highest BCUT2D eigenvalue weighted by atomic mass is 35.5. The van der Waals surface area contributed by atoms with E-state index in [2.05, 4.69) is 5.16 Å². The van der Waals surface area contributed by atoms with Crippen molar-refractivity contribution >= 4 is 35.2 Å². The van der Waals surface area contributed by atoms with E-state index < -0.39 is 10.9 Å². The summed E-state index contributed by atoms with van der Waals surface area (Å²) in [5, 5.41) is 15.5. The lowest BCUT2D eigenvalue weighted by Crippen LogP contribution is -2.18. The van der Waals surface area contributed by atoms with Crippen LogP contribution in [0, 0.1) is 10.1 Å². The predicted octanol–water partition coefficient (Wildman–Crippen LogP) is 4.04. The minimum Gasteiger partial charge on any atom is -0.366 e. The third-order valence-electron chi connectivity index (χ3n) is 4.06. The van der Waals surface area contributed by atoms with Crippen LogP contribution in [-0.2, 0) is 4.84 Å². The lowest BCUT2D eigenvalue weighted by atomic mass is 10.1. The van der Waals surface area contributed by atoms with E-state index in [4.69, 9.17) is 16.4 Å². The van der Waals surface area contributed by atoms with Gasteiger partial charge in [0, 0.05) is 29.7 Å². The minimum absolute atomic E-state index is 0.0138. The SMILES string of the molecule is O=C(O/N=C\c1ccc(N2CCCC2)c([N+](=O)[O-])c1)c1ccc(Cl)cc1. The molecule has 7 nitrogen and oxygen atoms in total. The first kappa shape index (κ1) is 17.9. The Balaban J connectivity index is 1.71. The second kappa shape index (κ2) is 7.97. The van der Waals surface area contributed by atoms with Crippen molar-refractivity contribution in [1.29, 1.82) is 0 Å². The molecule has 0 unspecified atom stereocenters. The summed E-state index contributed by atoms with van der Waals surface area (Å²) in [7, 11) is 0. The number of nitro benzene ring substituents is 1. The van der Waals surface area contributed by atoms with E-state index in [1.165, 1.54) is 24.4 Å². The number of hydrogen-bond acceptors (Lipinski definition) is 6. The zero-order chi connectivity index (χ0) is 18.5. The molecule has 1 aliphatic heterocycles. The summed E-state index contributed by atoms with van der Waals surface area (Å²) >= 11 is 5.76. The van der Waals surface area contributed by atoms with Crippen LogP contribution >= 0.6 is 11.6 Å². The zero-order valence-corrected chi connectivity index (χ0v) is 14.6. The molecule has 1 saturated heterocycles. The average molecular weight is 374 g/mol. The van der Waals surface area contributed by atoms with E-state index in [1.807, 2.05) is 4.90 Å². The van der Waals surface area contributed by atoms with Crippen molar-refractivity contribution < 1.29 is 14.6 Å². The molecule has 134 valence electrons. The van der Waals surface area contributed by atoms with E-state index in [-0.39, 0.29) is 5.69 Å². The second-order valence-corrected chi connectivity index (χ2v) is 6.26. The van der Waals surface area contributed by atoms with Crippen LogP contribution in [0.4, 0.5) is 11.4 Å². The largest absolute Gasteiger partial charge is 0.366 e. The van der Waals surface area contributed by atoms with Gasteiger partial charge in [0.2, 0.25) is 0 Å². The van der Waals surface area contributed by atoms with Gasteiger partial charge in [-0.15, -0.1) is 0 Å². The van der Waals surface area contributed by atoms with Gasteiger partial charge in [0.1, 0.15) is 5.69 Å². The molecule has 2 aromatic rings. The van der Waals surface area contributed by atoms with Crippen molar-refractivity contribution in [3.8, 4) is 0 Å². The van der Waals surface area contributed by atoms with E-state index in [0.717, 1.165) is 25.9 Å². The van der Waals surface area contributed by atoms with Crippen LogP contribution in [-0.4, -0.2) is 30.2 Å². The predicted molar refractivity (Wildman–Crippen MR) is 99.0 cm³/mol. The number of carbonyl (C=O) groups is 1. The Kier molecular flexibility index (Phi) is 5.48. The maximum atomic E-state index is 11.9. The molecule has 0 bridgehead atoms. The molecule has 1 aliphatic rings. The van der Waals surface area contributed by atoms with Gasteiger partial charge in [0.05, 0.1) is 16.7 Å². The fraction of sp³-hybridized carbons (Fsp3) is 0.222. The Bertz CT molecular complexity index is 846. The summed E-state index contributed by atoms with van der Waals surface area (Å²) in [5.41, 5.74) is 1.40. The number of anilines is 1. The molecule has 0 aliphatic carbocycles. The van der Waals surface area contributed by atoms with Gasteiger partial charge in [-0.25, -0.2) is 4.79 Å². The Hall–Kier alpha value is -2.93. The van der Waals surface area contributed by atoms with Crippen LogP contribution in [0.15, 0.2) is 47.6 Å². The van der Waals surface area contributed by atoms with Crippen LogP contribution in [0.1, 0.15) is 28.8 Å². The van der Waals surface area contributed by atoms with Crippen molar-refractivity contribution in [3.05, 3.63) is 68.7 Å². The smallest absolute Gasteiger partial charge is 0.365 e. The molecule has 0 amide bonds. The van der Waals surface area contributed by atoms with Gasteiger partial charge in [0.15, 0.2) is 0 Å². The maximum absolute atomic E-state index is 11.9. The van der Waals surface area contributed by atoms with Crippen molar-refractivity contribution in [1.82, 2.24) is 0 Å². The van der Waals surface area contributed by atoms with Gasteiger partial charge in [0.25, 0.3) is 5.69 Å². The number of halogens is 1. The molecule has 1 fully saturated rings. The number of hydrogen-bond donors (Lipinski definition) is 0. The summed E-state index contributed by atoms with van der Waals surface area (Å²) in [4.78, 5) is 29.6. The van der Waals surface area contributed by atoms with Crippen molar-refractivity contribution in [2.75, 3.05) is 18.0 Å². The quantitative estimate of drug-likeness (QED) is 0.342. The second-order valence-electron chi connectivity index (χ2n) is 5.82. The first-order valence-corrected chi connectivity index (χ1v) is 8.46. The highest BCUT2D eigenvalue weighted by molar-refractivity contribution is 6.30. The molecule has 0 aromatic heterocycles. The fourth-order valence-corrected chi connectivity index (χ4v) is 2.89. The van der Waals surface area contributed by atoms with Crippen LogP contribution < -0.4 is 4.90 Å². The molecule has 1 heterocycles. The van der Waals surface area contributed by atoms with Crippen LogP contribution in [0.25, 0.3) is 0 Å². The number of rotatable bonds is 5. The number of oxime groups is 1. The third-order valence-corrected chi connectivity index (χ3v) is 4.31. The topological polar surface area (TPSA) is 85.0 Å². The van der Waals surface area contributed by atoms with Crippen molar-refractivity contribution in [2.45, 2.75) is 12.8 Å². The Labute approximate surface area is 155 Å². The normalized spacial score (nSPS) is 14.0. The molecule has 0 radical (unpaired) electrons. The first-order valence-electron chi connectivity index (χ1n) is 8.08. The monoisotopic (exact) mass is 373 g/mol. The zero-order valence-electron chi connectivity index (χ0n) is 13.8. The number of nitrogens with zero attached hydrogens (tertiary/aromatic N) is 3. The molecule has 0 N–H and O–H groups in total. The molecule has 8 heteroatoms. The molecule has 0 atom stereocenters. The van der Waals surface area contributed by atoms with E-state index in [1.54, 1.807) is 24.3 Å². The van der Waals surface area contributed by atoms with Crippen LogP contribution in [0.3, 0.4) is 0 Å². The highest BCUT2D eigenvalue weighted by Gasteiger charge is 2.22. The summed E-state index contributed by atoms with van der Waals surface area (Å²) in [5.74, 6) is -0.638. The Morgan fingerprint density at radius 2 is 1.88 bits per heavy atom. The Morgan fingerprint density at radius 1 is 1.19 bits per heavy atom. The molecular formula is C18H16ClN3O4. The van der Waals surface area contributed by atoms with Crippen molar-refractivity contribution in [3.63, 3.8) is 0 Å². The maximum Gasteiger partial charge on any atom is 0.365 e. The average Bonchev–Trinajstić information content (AvgIpc) is 3.16. The van der Waals surface area contributed by atoms with Gasteiger partial charge in [-0.2, -0.15) is 0 Å². The minimum atomic E-state index is -0.638. The Morgan fingerprint density at radius 3 is 2.54 bits per heavy atom. The molecule has 2 aromatic carbocycles. The number of nitro groups is 1. The van der Waals surface area contributed by atoms with Gasteiger partial charge in [-0.1, -0.05) is 22.8 Å². The molecular weight excluding hydrogens is 358 g/mol. The molecule has 3 rings (SSSR count). The first-order chi connectivity index (χ1) is 12.5. The van der Waals surface area contributed by atoms with Gasteiger partial charge >= 0.3 is 5.97 Å². The third kappa shape index (κ3) is 4.18. The fourth-order valence-electron chi connectivity index (χ4n) is 2.77. The molecule has 26 heavy (non-hydrogen) atoms. The lowest BCUT2D eigenvalue weighted by molar-refractivity contribution is -0.384.